The summed E-state index contributed by atoms with van der Waals surface area (Å²) in [5, 5.41) is 6.51. The molecule has 1 fully saturated rings. The van der Waals surface area contributed by atoms with E-state index in [1.807, 2.05) is 31.2 Å². The van der Waals surface area contributed by atoms with Crippen LogP contribution in [0.1, 0.15) is 29.2 Å². The van der Waals surface area contributed by atoms with Gasteiger partial charge in [0.05, 0.1) is 6.04 Å². The van der Waals surface area contributed by atoms with Crippen LogP contribution in [0.15, 0.2) is 36.7 Å². The van der Waals surface area contributed by atoms with E-state index in [2.05, 4.69) is 15.6 Å². The van der Waals surface area contributed by atoms with Crippen LogP contribution in [0.2, 0.25) is 5.02 Å². The van der Waals surface area contributed by atoms with Crippen LogP contribution in [0.4, 0.5) is 4.79 Å². The molecule has 2 aromatic rings. The largest absolute Gasteiger partial charge is 0.463 e. The minimum absolute atomic E-state index is 0.143. The molecule has 22 heavy (non-hydrogen) atoms. The van der Waals surface area contributed by atoms with Crippen molar-refractivity contribution in [2.45, 2.75) is 25.1 Å². The summed E-state index contributed by atoms with van der Waals surface area (Å²) in [5.74, 6) is 0.731. The van der Waals surface area contributed by atoms with Gasteiger partial charge in [-0.3, -0.25) is 10.3 Å². The third kappa shape index (κ3) is 1.93. The van der Waals surface area contributed by atoms with Gasteiger partial charge in [0.25, 0.3) is 0 Å². The first-order valence-electron chi connectivity index (χ1n) is 7.06. The minimum Gasteiger partial charge on any atom is -0.463 e. The summed E-state index contributed by atoms with van der Waals surface area (Å²) in [6.45, 7) is 1.93. The van der Waals surface area contributed by atoms with Crippen LogP contribution in [0, 0.1) is 6.92 Å². The number of pyridine rings is 1. The van der Waals surface area contributed by atoms with Gasteiger partial charge in [-0.2, -0.15) is 0 Å². The van der Waals surface area contributed by atoms with Gasteiger partial charge in [-0.05, 0) is 36.8 Å². The van der Waals surface area contributed by atoms with Gasteiger partial charge >= 0.3 is 6.03 Å². The van der Waals surface area contributed by atoms with Crippen LogP contribution < -0.4 is 15.4 Å². The van der Waals surface area contributed by atoms with E-state index in [0.29, 0.717) is 11.4 Å². The number of nitrogens with zero attached hydrogens (tertiary/aromatic N) is 1. The third-order valence-electron chi connectivity index (χ3n) is 4.19. The molecule has 0 saturated carbocycles. The highest BCUT2D eigenvalue weighted by Gasteiger charge is 2.48. The standard InChI is InChI=1S/C16H14ClN3O2/c1-9-5-14-11(6-12(9)17)13-7-16(22-14,20-15(21)19-13)10-3-2-4-18-8-10/h2-6,8,13H,7H2,1H3,(H2,19,20,21). The summed E-state index contributed by atoms with van der Waals surface area (Å²) >= 11 is 6.22. The maximum Gasteiger partial charge on any atom is 0.318 e. The molecule has 4 rings (SSSR count). The molecule has 2 aliphatic rings. The summed E-state index contributed by atoms with van der Waals surface area (Å²) < 4.78 is 6.21. The number of hydrogen-bond acceptors (Lipinski definition) is 3. The fraction of sp³-hybridized carbons (Fsp3) is 0.250. The SMILES string of the molecule is Cc1cc2c(cc1Cl)C1CC(c3cccnc3)(NC(=O)N1)O2. The van der Waals surface area contributed by atoms with E-state index in [-0.39, 0.29) is 12.1 Å². The number of carbonyl (C=O) groups excluding carboxylic acids is 1. The van der Waals surface area contributed by atoms with E-state index in [0.717, 1.165) is 22.4 Å². The zero-order chi connectivity index (χ0) is 15.3. The number of carbonyl (C=O) groups is 1. The van der Waals surface area contributed by atoms with Crippen molar-refractivity contribution in [2.75, 3.05) is 0 Å². The molecule has 0 aliphatic carbocycles. The van der Waals surface area contributed by atoms with E-state index < -0.39 is 5.72 Å². The van der Waals surface area contributed by atoms with Gasteiger partial charge in [0.2, 0.25) is 5.72 Å². The van der Waals surface area contributed by atoms with Gasteiger partial charge in [-0.1, -0.05) is 11.6 Å². The highest BCUT2D eigenvalue weighted by molar-refractivity contribution is 6.31. The van der Waals surface area contributed by atoms with E-state index >= 15 is 0 Å². The molecule has 2 N–H and O–H groups in total. The van der Waals surface area contributed by atoms with Crippen LogP contribution in [-0.2, 0) is 5.72 Å². The van der Waals surface area contributed by atoms with Crippen molar-refractivity contribution in [1.29, 1.82) is 0 Å². The number of rotatable bonds is 1. The van der Waals surface area contributed by atoms with E-state index in [1.165, 1.54) is 0 Å². The first-order chi connectivity index (χ1) is 10.6. The molecular formula is C16H14ClN3O2. The third-order valence-corrected chi connectivity index (χ3v) is 4.60. The van der Waals surface area contributed by atoms with Crippen molar-refractivity contribution in [3.8, 4) is 5.75 Å². The lowest BCUT2D eigenvalue weighted by Crippen LogP contribution is -2.62. The average molecular weight is 316 g/mol. The van der Waals surface area contributed by atoms with Crippen LogP contribution in [0.3, 0.4) is 0 Å². The fourth-order valence-corrected chi connectivity index (χ4v) is 3.26. The Morgan fingerprint density at radius 1 is 1.45 bits per heavy atom. The number of aromatic nitrogens is 1. The summed E-state index contributed by atoms with van der Waals surface area (Å²) in [6, 6.07) is 7.12. The number of urea groups is 1. The first kappa shape index (κ1) is 13.4. The smallest absolute Gasteiger partial charge is 0.318 e. The summed E-state index contributed by atoms with van der Waals surface area (Å²) in [4.78, 5) is 16.2. The van der Waals surface area contributed by atoms with E-state index in [1.54, 1.807) is 12.4 Å². The first-order valence-corrected chi connectivity index (χ1v) is 7.43. The lowest BCUT2D eigenvalue weighted by Gasteiger charge is -2.46. The van der Waals surface area contributed by atoms with Gasteiger partial charge < -0.3 is 10.1 Å². The fourth-order valence-electron chi connectivity index (χ4n) is 3.09. The van der Waals surface area contributed by atoms with Crippen molar-refractivity contribution in [2.24, 2.45) is 0 Å². The highest BCUT2D eigenvalue weighted by atomic mass is 35.5. The molecule has 112 valence electrons. The van der Waals surface area contributed by atoms with Gasteiger partial charge in [0, 0.05) is 35.0 Å². The zero-order valence-corrected chi connectivity index (χ0v) is 12.6. The summed E-state index contributed by atoms with van der Waals surface area (Å²) in [5.41, 5.74) is 1.78. The lowest BCUT2D eigenvalue weighted by atomic mass is 9.86. The molecule has 3 heterocycles. The predicted molar refractivity (Wildman–Crippen MR) is 81.8 cm³/mol. The Kier molecular flexibility index (Phi) is 2.81. The second kappa shape index (κ2) is 4.61. The number of amides is 2. The lowest BCUT2D eigenvalue weighted by molar-refractivity contribution is -0.00951. The number of benzene rings is 1. The zero-order valence-electron chi connectivity index (χ0n) is 11.9. The average Bonchev–Trinajstić information content (AvgIpc) is 2.50. The van der Waals surface area contributed by atoms with Gasteiger partial charge in [-0.15, -0.1) is 0 Å². The van der Waals surface area contributed by atoms with Crippen LogP contribution in [-0.4, -0.2) is 11.0 Å². The Morgan fingerprint density at radius 3 is 3.09 bits per heavy atom. The van der Waals surface area contributed by atoms with Crippen molar-refractivity contribution < 1.29 is 9.53 Å². The van der Waals surface area contributed by atoms with Gasteiger partial charge in [0.15, 0.2) is 0 Å². The number of halogens is 1. The molecule has 1 saturated heterocycles. The molecule has 5 nitrogen and oxygen atoms in total. The Bertz CT molecular complexity index is 765. The van der Waals surface area contributed by atoms with E-state index in [9.17, 15) is 4.79 Å². The molecule has 6 heteroatoms. The molecule has 0 radical (unpaired) electrons. The summed E-state index contributed by atoms with van der Waals surface area (Å²) in [6.07, 6.45) is 3.99. The molecule has 0 spiro atoms. The number of fused-ring (bicyclic) bond motifs is 4. The van der Waals surface area contributed by atoms with Crippen molar-refractivity contribution in [3.05, 3.63) is 58.4 Å². The molecule has 2 amide bonds. The Labute approximate surface area is 132 Å². The van der Waals surface area contributed by atoms with Crippen LogP contribution in [0.5, 0.6) is 5.75 Å². The quantitative estimate of drug-likeness (QED) is 0.850. The van der Waals surface area contributed by atoms with Gasteiger partial charge in [0.1, 0.15) is 5.75 Å². The predicted octanol–water partition coefficient (Wildman–Crippen LogP) is 3.03. The Balaban J connectivity index is 1.88. The summed E-state index contributed by atoms with van der Waals surface area (Å²) in [7, 11) is 0. The van der Waals surface area contributed by atoms with Crippen LogP contribution >= 0.6 is 11.6 Å². The monoisotopic (exact) mass is 315 g/mol. The molecule has 1 aromatic carbocycles. The number of nitrogens with one attached hydrogen (secondary N) is 2. The van der Waals surface area contributed by atoms with Gasteiger partial charge in [-0.25, -0.2) is 4.79 Å². The van der Waals surface area contributed by atoms with Crippen molar-refractivity contribution in [1.82, 2.24) is 15.6 Å². The maximum atomic E-state index is 12.1. The van der Waals surface area contributed by atoms with Crippen LogP contribution in [0.25, 0.3) is 0 Å². The molecular weight excluding hydrogens is 302 g/mol. The van der Waals surface area contributed by atoms with Crippen molar-refractivity contribution >= 4 is 17.6 Å². The highest BCUT2D eigenvalue weighted by Crippen LogP contribution is 2.46. The number of hydrogen-bond donors (Lipinski definition) is 2. The normalized spacial score (nSPS) is 25.5. The molecule has 2 unspecified atom stereocenters. The van der Waals surface area contributed by atoms with E-state index in [4.69, 9.17) is 16.3 Å². The molecule has 2 bridgehead atoms. The maximum absolute atomic E-state index is 12.1. The topological polar surface area (TPSA) is 63.2 Å². The van der Waals surface area contributed by atoms with Crippen molar-refractivity contribution in [3.63, 3.8) is 0 Å². The molecule has 2 atom stereocenters. The second-order valence-electron chi connectivity index (χ2n) is 5.67. The molecule has 2 aliphatic heterocycles. The Morgan fingerprint density at radius 2 is 2.32 bits per heavy atom. The Hall–Kier alpha value is -2.27. The number of ether oxygens (including phenoxy) is 1. The second-order valence-corrected chi connectivity index (χ2v) is 6.07. The number of aryl methyl sites for hydroxylation is 1. The molecule has 1 aromatic heterocycles. The minimum atomic E-state index is -0.894.